The van der Waals surface area contributed by atoms with Crippen LogP contribution >= 0.6 is 0 Å². The second-order valence-corrected chi connectivity index (χ2v) is 6.59. The number of carbonyl (C=O) groups is 1. The first-order valence-electron chi connectivity index (χ1n) is 8.08. The van der Waals surface area contributed by atoms with Crippen LogP contribution in [0.2, 0.25) is 0 Å². The van der Waals surface area contributed by atoms with E-state index in [0.29, 0.717) is 18.5 Å². The molecule has 1 aliphatic rings. The highest BCUT2D eigenvalue weighted by Crippen LogP contribution is 2.23. The Kier molecular flexibility index (Phi) is 5.80. The molecule has 0 saturated heterocycles. The van der Waals surface area contributed by atoms with Crippen LogP contribution in [0.15, 0.2) is 24.3 Å². The first kappa shape index (κ1) is 16.0. The van der Waals surface area contributed by atoms with Gasteiger partial charge in [-0.15, -0.1) is 0 Å². The van der Waals surface area contributed by atoms with Crippen molar-refractivity contribution in [3.05, 3.63) is 35.4 Å². The van der Waals surface area contributed by atoms with Gasteiger partial charge in [0.1, 0.15) is 0 Å². The summed E-state index contributed by atoms with van der Waals surface area (Å²) < 4.78 is 0. The number of rotatable bonds is 5. The van der Waals surface area contributed by atoms with Gasteiger partial charge in [0.15, 0.2) is 0 Å². The van der Waals surface area contributed by atoms with Crippen molar-refractivity contribution in [3.8, 4) is 0 Å². The molecule has 1 N–H and O–H groups in total. The zero-order chi connectivity index (χ0) is 15.2. The molecule has 0 aliphatic heterocycles. The van der Waals surface area contributed by atoms with Gasteiger partial charge in [0, 0.05) is 12.6 Å². The highest BCUT2D eigenvalue weighted by atomic mass is 16.2. The number of amides is 1. The second kappa shape index (κ2) is 7.60. The smallest absolute Gasteiger partial charge is 0.234 e. The van der Waals surface area contributed by atoms with Crippen molar-refractivity contribution in [1.82, 2.24) is 10.2 Å². The summed E-state index contributed by atoms with van der Waals surface area (Å²) in [5, 5.41) is 3.21. The molecule has 0 bridgehead atoms. The molecule has 1 amide bonds. The molecule has 21 heavy (non-hydrogen) atoms. The van der Waals surface area contributed by atoms with Crippen molar-refractivity contribution >= 4 is 5.91 Å². The molecule has 0 spiro atoms. The Bertz CT molecular complexity index is 455. The molecule has 0 radical (unpaired) electrons. The summed E-state index contributed by atoms with van der Waals surface area (Å²) in [5.74, 6) is 0.772. The minimum absolute atomic E-state index is 0.156. The van der Waals surface area contributed by atoms with E-state index in [9.17, 15) is 4.79 Å². The number of hydrogen-bond acceptors (Lipinski definition) is 2. The standard InChI is InChI=1S/C18H28N2O/c1-14-8-10-16(11-9-14)12-20(3)13-18(21)19-17-7-5-4-6-15(17)2/h8-11,15,17H,4-7,12-13H2,1-3H3,(H,19,21)/t15-,17-/m0/s1. The van der Waals surface area contributed by atoms with E-state index in [2.05, 4.69) is 48.3 Å². The molecule has 0 unspecified atom stereocenters. The molecule has 1 aromatic rings. The van der Waals surface area contributed by atoms with E-state index in [1.165, 1.54) is 30.4 Å². The third-order valence-corrected chi connectivity index (χ3v) is 4.44. The maximum absolute atomic E-state index is 12.2. The Morgan fingerprint density at radius 3 is 2.57 bits per heavy atom. The number of carbonyl (C=O) groups excluding carboxylic acids is 1. The van der Waals surface area contributed by atoms with Gasteiger partial charge in [-0.3, -0.25) is 9.69 Å². The summed E-state index contributed by atoms with van der Waals surface area (Å²) in [5.41, 5.74) is 2.52. The second-order valence-electron chi connectivity index (χ2n) is 6.59. The number of likely N-dealkylation sites (N-methyl/N-ethyl adjacent to an activating group) is 1. The number of aryl methyl sites for hydroxylation is 1. The van der Waals surface area contributed by atoms with Gasteiger partial charge in [-0.2, -0.15) is 0 Å². The lowest BCUT2D eigenvalue weighted by atomic mass is 9.86. The van der Waals surface area contributed by atoms with E-state index < -0.39 is 0 Å². The normalized spacial score (nSPS) is 22.3. The van der Waals surface area contributed by atoms with E-state index in [4.69, 9.17) is 0 Å². The van der Waals surface area contributed by atoms with Crippen LogP contribution in [0.5, 0.6) is 0 Å². The van der Waals surface area contributed by atoms with Crippen LogP contribution in [0, 0.1) is 12.8 Å². The molecular weight excluding hydrogens is 260 g/mol. The van der Waals surface area contributed by atoms with Crippen molar-refractivity contribution in [1.29, 1.82) is 0 Å². The molecule has 2 rings (SSSR count). The van der Waals surface area contributed by atoms with E-state index in [1.54, 1.807) is 0 Å². The van der Waals surface area contributed by atoms with Gasteiger partial charge in [-0.25, -0.2) is 0 Å². The van der Waals surface area contributed by atoms with Gasteiger partial charge in [-0.1, -0.05) is 49.6 Å². The fourth-order valence-electron chi connectivity index (χ4n) is 3.09. The van der Waals surface area contributed by atoms with Crippen LogP contribution < -0.4 is 5.32 Å². The van der Waals surface area contributed by atoms with Gasteiger partial charge in [-0.05, 0) is 38.3 Å². The number of hydrogen-bond donors (Lipinski definition) is 1. The Morgan fingerprint density at radius 1 is 1.24 bits per heavy atom. The number of benzene rings is 1. The van der Waals surface area contributed by atoms with Crippen LogP contribution in [-0.4, -0.2) is 30.4 Å². The Labute approximate surface area is 128 Å². The molecule has 2 atom stereocenters. The lowest BCUT2D eigenvalue weighted by Crippen LogP contribution is -2.44. The van der Waals surface area contributed by atoms with Gasteiger partial charge < -0.3 is 5.32 Å². The summed E-state index contributed by atoms with van der Waals surface area (Å²) in [4.78, 5) is 14.2. The molecule has 116 valence electrons. The first-order chi connectivity index (χ1) is 10.0. The zero-order valence-corrected chi connectivity index (χ0v) is 13.6. The van der Waals surface area contributed by atoms with Crippen molar-refractivity contribution in [3.63, 3.8) is 0 Å². The van der Waals surface area contributed by atoms with E-state index >= 15 is 0 Å². The average Bonchev–Trinajstić information content (AvgIpc) is 2.44. The number of nitrogens with zero attached hydrogens (tertiary/aromatic N) is 1. The van der Waals surface area contributed by atoms with Crippen molar-refractivity contribution in [2.24, 2.45) is 5.92 Å². The van der Waals surface area contributed by atoms with E-state index in [1.807, 2.05) is 7.05 Å². The zero-order valence-electron chi connectivity index (χ0n) is 13.6. The molecule has 3 heteroatoms. The lowest BCUT2D eigenvalue weighted by Gasteiger charge is -2.30. The van der Waals surface area contributed by atoms with Crippen LogP contribution in [0.1, 0.15) is 43.7 Å². The van der Waals surface area contributed by atoms with Crippen LogP contribution in [0.4, 0.5) is 0 Å². The van der Waals surface area contributed by atoms with Crippen molar-refractivity contribution < 1.29 is 4.79 Å². The summed E-state index contributed by atoms with van der Waals surface area (Å²) in [7, 11) is 2.00. The van der Waals surface area contributed by atoms with Crippen LogP contribution in [0.25, 0.3) is 0 Å². The molecular formula is C18H28N2O. The third kappa shape index (κ3) is 5.16. The van der Waals surface area contributed by atoms with Gasteiger partial charge >= 0.3 is 0 Å². The quantitative estimate of drug-likeness (QED) is 0.903. The SMILES string of the molecule is Cc1ccc(CN(C)CC(=O)N[C@H]2CCCC[C@@H]2C)cc1. The summed E-state index contributed by atoms with van der Waals surface area (Å²) in [6.45, 7) is 5.62. The topological polar surface area (TPSA) is 32.3 Å². The lowest BCUT2D eigenvalue weighted by molar-refractivity contribution is -0.123. The minimum atomic E-state index is 0.156. The summed E-state index contributed by atoms with van der Waals surface area (Å²) >= 11 is 0. The molecule has 1 fully saturated rings. The largest absolute Gasteiger partial charge is 0.352 e. The molecule has 0 aromatic heterocycles. The van der Waals surface area contributed by atoms with Crippen molar-refractivity contribution in [2.75, 3.05) is 13.6 Å². The van der Waals surface area contributed by atoms with Gasteiger partial charge in [0.05, 0.1) is 6.54 Å². The molecule has 1 saturated carbocycles. The molecule has 3 nitrogen and oxygen atoms in total. The monoisotopic (exact) mass is 288 g/mol. The fraction of sp³-hybridized carbons (Fsp3) is 0.611. The highest BCUT2D eigenvalue weighted by Gasteiger charge is 2.22. The van der Waals surface area contributed by atoms with Crippen LogP contribution in [-0.2, 0) is 11.3 Å². The first-order valence-corrected chi connectivity index (χ1v) is 8.08. The predicted octanol–water partition coefficient (Wildman–Crippen LogP) is 3.12. The maximum atomic E-state index is 12.2. The predicted molar refractivity (Wildman–Crippen MR) is 87.1 cm³/mol. The molecule has 1 aromatic carbocycles. The van der Waals surface area contributed by atoms with E-state index in [0.717, 1.165) is 13.0 Å². The van der Waals surface area contributed by atoms with E-state index in [-0.39, 0.29) is 5.91 Å². The minimum Gasteiger partial charge on any atom is -0.352 e. The van der Waals surface area contributed by atoms with Gasteiger partial charge in [0.2, 0.25) is 5.91 Å². The Morgan fingerprint density at radius 2 is 1.90 bits per heavy atom. The maximum Gasteiger partial charge on any atom is 0.234 e. The third-order valence-electron chi connectivity index (χ3n) is 4.44. The molecule has 1 aliphatic carbocycles. The van der Waals surface area contributed by atoms with Gasteiger partial charge in [0.25, 0.3) is 0 Å². The average molecular weight is 288 g/mol. The fourth-order valence-corrected chi connectivity index (χ4v) is 3.09. The highest BCUT2D eigenvalue weighted by molar-refractivity contribution is 5.78. The molecule has 0 heterocycles. The van der Waals surface area contributed by atoms with Crippen molar-refractivity contribution in [2.45, 2.75) is 52.1 Å². The Balaban J connectivity index is 1.77. The summed E-state index contributed by atoms with van der Waals surface area (Å²) in [6.07, 6.45) is 4.92. The Hall–Kier alpha value is -1.35. The summed E-state index contributed by atoms with van der Waals surface area (Å²) in [6, 6.07) is 8.87. The number of nitrogens with one attached hydrogen (secondary N) is 1. The van der Waals surface area contributed by atoms with Crippen LogP contribution in [0.3, 0.4) is 0 Å².